The van der Waals surface area contributed by atoms with Crippen LogP contribution < -0.4 is 10.6 Å². The molecule has 0 aromatic carbocycles. The molecule has 1 heterocycles. The van der Waals surface area contributed by atoms with Crippen LogP contribution >= 0.6 is 24.0 Å². The van der Waals surface area contributed by atoms with E-state index in [0.29, 0.717) is 0 Å². The van der Waals surface area contributed by atoms with Gasteiger partial charge in [-0.1, -0.05) is 0 Å². The molecule has 1 aliphatic rings. The maximum atomic E-state index is 5.13. The van der Waals surface area contributed by atoms with Crippen LogP contribution in [0.3, 0.4) is 0 Å². The normalized spacial score (nSPS) is 18.2. The van der Waals surface area contributed by atoms with E-state index in [2.05, 4.69) is 41.3 Å². The summed E-state index contributed by atoms with van der Waals surface area (Å²) in [5.74, 6) is 1.65. The summed E-state index contributed by atoms with van der Waals surface area (Å²) in [7, 11) is 3.60. The number of guanidine groups is 1. The molecule has 21 heavy (non-hydrogen) atoms. The van der Waals surface area contributed by atoms with E-state index in [1.165, 1.54) is 25.9 Å². The molecule has 0 unspecified atom stereocenters. The Bertz CT molecular complexity index is 297. The van der Waals surface area contributed by atoms with Crippen LogP contribution in [0.4, 0.5) is 0 Å². The highest BCUT2D eigenvalue weighted by Crippen LogP contribution is 2.15. The molecule has 5 nitrogen and oxygen atoms in total. The molecule has 6 heteroatoms. The van der Waals surface area contributed by atoms with Crippen LogP contribution in [-0.4, -0.2) is 63.3 Å². The van der Waals surface area contributed by atoms with Crippen LogP contribution in [0.2, 0.25) is 0 Å². The first-order chi connectivity index (χ1) is 9.44. The summed E-state index contributed by atoms with van der Waals surface area (Å²) in [5.41, 5.74) is 0.0470. The van der Waals surface area contributed by atoms with E-state index in [-0.39, 0.29) is 29.5 Å². The van der Waals surface area contributed by atoms with Crippen molar-refractivity contribution in [1.82, 2.24) is 15.5 Å². The largest absolute Gasteiger partial charge is 0.383 e. The van der Waals surface area contributed by atoms with Crippen molar-refractivity contribution in [3.8, 4) is 0 Å². The zero-order valence-corrected chi connectivity index (χ0v) is 16.6. The molecular formula is C15H33IN4O. The fourth-order valence-electron chi connectivity index (χ4n) is 2.41. The predicted octanol–water partition coefficient (Wildman–Crippen LogP) is 1.93. The number of rotatable bonds is 5. The number of nitrogens with zero attached hydrogens (tertiary/aromatic N) is 2. The van der Waals surface area contributed by atoms with Gasteiger partial charge in [0.2, 0.25) is 0 Å². The zero-order valence-electron chi connectivity index (χ0n) is 14.2. The second kappa shape index (κ2) is 10.6. The molecule has 0 aliphatic carbocycles. The molecule has 0 amide bonds. The number of aliphatic imine (C=N–C) groups is 1. The number of nitrogens with one attached hydrogen (secondary N) is 2. The number of halogens is 1. The monoisotopic (exact) mass is 412 g/mol. The second-order valence-corrected chi connectivity index (χ2v) is 6.61. The molecule has 0 atom stereocenters. The number of piperidine rings is 1. The van der Waals surface area contributed by atoms with E-state index in [4.69, 9.17) is 4.74 Å². The first kappa shape index (κ1) is 20.9. The highest BCUT2D eigenvalue weighted by Gasteiger charge is 2.19. The molecule has 0 bridgehead atoms. The van der Waals surface area contributed by atoms with Gasteiger partial charge in [0.05, 0.1) is 6.61 Å². The van der Waals surface area contributed by atoms with E-state index in [9.17, 15) is 0 Å². The van der Waals surface area contributed by atoms with Crippen LogP contribution in [0, 0.1) is 5.92 Å². The Morgan fingerprint density at radius 3 is 2.38 bits per heavy atom. The lowest BCUT2D eigenvalue weighted by Gasteiger charge is -2.32. The van der Waals surface area contributed by atoms with Crippen molar-refractivity contribution in [2.45, 2.75) is 39.2 Å². The summed E-state index contributed by atoms with van der Waals surface area (Å²) in [5, 5.41) is 6.84. The van der Waals surface area contributed by atoms with Gasteiger partial charge in [0.1, 0.15) is 0 Å². The number of ether oxygens (including phenoxy) is 1. The molecule has 126 valence electrons. The van der Waals surface area contributed by atoms with Gasteiger partial charge in [-0.15, -0.1) is 24.0 Å². The van der Waals surface area contributed by atoms with Gasteiger partial charge in [0.15, 0.2) is 5.96 Å². The van der Waals surface area contributed by atoms with Crippen molar-refractivity contribution in [2.75, 3.05) is 46.9 Å². The Hall–Kier alpha value is -0.0800. The topological polar surface area (TPSA) is 48.9 Å². The van der Waals surface area contributed by atoms with E-state index in [1.807, 2.05) is 7.05 Å². The fraction of sp³-hybridized carbons (Fsp3) is 0.933. The number of methoxy groups -OCH3 is 1. The van der Waals surface area contributed by atoms with Crippen molar-refractivity contribution in [3.05, 3.63) is 0 Å². The van der Waals surface area contributed by atoms with E-state index in [0.717, 1.165) is 31.6 Å². The van der Waals surface area contributed by atoms with Crippen molar-refractivity contribution in [2.24, 2.45) is 10.9 Å². The molecule has 0 radical (unpaired) electrons. The average molecular weight is 412 g/mol. The second-order valence-electron chi connectivity index (χ2n) is 6.61. The Morgan fingerprint density at radius 1 is 1.29 bits per heavy atom. The lowest BCUT2D eigenvalue weighted by atomic mass is 9.97. The molecule has 0 saturated carbocycles. The highest BCUT2D eigenvalue weighted by molar-refractivity contribution is 14.0. The van der Waals surface area contributed by atoms with Gasteiger partial charge >= 0.3 is 0 Å². The molecule has 0 aromatic rings. The zero-order chi connectivity index (χ0) is 15.0. The van der Waals surface area contributed by atoms with Crippen molar-refractivity contribution < 1.29 is 4.74 Å². The maximum absolute atomic E-state index is 5.13. The molecule has 2 N–H and O–H groups in total. The minimum absolute atomic E-state index is 0. The SMILES string of the molecule is CN=C(NCC1CCN(CCOC)CC1)NC(C)(C)C.I. The number of likely N-dealkylation sites (tertiary alicyclic amines) is 1. The Labute approximate surface area is 147 Å². The highest BCUT2D eigenvalue weighted by atomic mass is 127. The van der Waals surface area contributed by atoms with Crippen LogP contribution in [-0.2, 0) is 4.74 Å². The van der Waals surface area contributed by atoms with Gasteiger partial charge in [-0.2, -0.15) is 0 Å². The Balaban J connectivity index is 0.00000400. The summed E-state index contributed by atoms with van der Waals surface area (Å²) in [6.45, 7) is 11.7. The van der Waals surface area contributed by atoms with Crippen LogP contribution in [0.15, 0.2) is 4.99 Å². The predicted molar refractivity (Wildman–Crippen MR) is 101 cm³/mol. The summed E-state index contributed by atoms with van der Waals surface area (Å²) < 4.78 is 5.13. The lowest BCUT2D eigenvalue weighted by Crippen LogP contribution is -2.49. The number of hydrogen-bond acceptors (Lipinski definition) is 3. The van der Waals surface area contributed by atoms with Crippen LogP contribution in [0.25, 0.3) is 0 Å². The molecule has 1 rings (SSSR count). The van der Waals surface area contributed by atoms with E-state index < -0.39 is 0 Å². The fourth-order valence-corrected chi connectivity index (χ4v) is 2.41. The third-order valence-corrected chi connectivity index (χ3v) is 3.59. The van der Waals surface area contributed by atoms with Gasteiger partial charge in [0, 0.05) is 32.8 Å². The smallest absolute Gasteiger partial charge is 0.191 e. The van der Waals surface area contributed by atoms with Crippen LogP contribution in [0.5, 0.6) is 0 Å². The summed E-state index contributed by atoms with van der Waals surface area (Å²) in [4.78, 5) is 6.77. The number of hydrogen-bond donors (Lipinski definition) is 2. The first-order valence-electron chi connectivity index (χ1n) is 7.64. The van der Waals surface area contributed by atoms with Gasteiger partial charge in [-0.3, -0.25) is 4.99 Å². The third-order valence-electron chi connectivity index (χ3n) is 3.59. The van der Waals surface area contributed by atoms with Gasteiger partial charge in [-0.05, 0) is 52.6 Å². The van der Waals surface area contributed by atoms with Crippen molar-refractivity contribution in [1.29, 1.82) is 0 Å². The van der Waals surface area contributed by atoms with E-state index in [1.54, 1.807) is 7.11 Å². The molecule has 1 aliphatic heterocycles. The molecule has 0 spiro atoms. The third kappa shape index (κ3) is 9.52. The van der Waals surface area contributed by atoms with Gasteiger partial charge < -0.3 is 20.3 Å². The van der Waals surface area contributed by atoms with Crippen LogP contribution in [0.1, 0.15) is 33.6 Å². The standard InChI is InChI=1S/C15H32N4O.HI/c1-15(2,3)18-14(16-4)17-12-13-6-8-19(9-7-13)10-11-20-5;/h13H,6-12H2,1-5H3,(H2,16,17,18);1H. The summed E-state index contributed by atoms with van der Waals surface area (Å²) in [6.07, 6.45) is 2.51. The molecule has 0 aromatic heterocycles. The molecular weight excluding hydrogens is 379 g/mol. The molecule has 1 saturated heterocycles. The summed E-state index contributed by atoms with van der Waals surface area (Å²) >= 11 is 0. The lowest BCUT2D eigenvalue weighted by molar-refractivity contribution is 0.120. The maximum Gasteiger partial charge on any atom is 0.191 e. The van der Waals surface area contributed by atoms with Gasteiger partial charge in [0.25, 0.3) is 0 Å². The Kier molecular flexibility index (Phi) is 10.6. The minimum Gasteiger partial charge on any atom is -0.383 e. The van der Waals surface area contributed by atoms with Crippen molar-refractivity contribution in [3.63, 3.8) is 0 Å². The quantitative estimate of drug-likeness (QED) is 0.412. The van der Waals surface area contributed by atoms with Crippen molar-refractivity contribution >= 4 is 29.9 Å². The van der Waals surface area contributed by atoms with E-state index >= 15 is 0 Å². The molecule has 1 fully saturated rings. The Morgan fingerprint density at radius 2 is 1.90 bits per heavy atom. The first-order valence-corrected chi connectivity index (χ1v) is 7.64. The minimum atomic E-state index is 0. The average Bonchev–Trinajstić information content (AvgIpc) is 2.41. The summed E-state index contributed by atoms with van der Waals surface area (Å²) in [6, 6.07) is 0. The van der Waals surface area contributed by atoms with Gasteiger partial charge in [-0.25, -0.2) is 0 Å².